The summed E-state index contributed by atoms with van der Waals surface area (Å²) in [6.07, 6.45) is -2.35. The molecule has 0 aliphatic heterocycles. The van der Waals surface area contributed by atoms with E-state index in [1.54, 1.807) is 0 Å². The van der Waals surface area contributed by atoms with E-state index in [4.69, 9.17) is 10.5 Å². The van der Waals surface area contributed by atoms with Gasteiger partial charge >= 0.3 is 6.18 Å². The SMILES string of the molecule is NCC1(COc2cccc(C(F)(F)F)c2)CC1. The molecule has 0 radical (unpaired) electrons. The van der Waals surface area contributed by atoms with Gasteiger partial charge in [0.25, 0.3) is 0 Å². The molecule has 1 aromatic carbocycles. The number of nitrogens with two attached hydrogens (primary N) is 1. The molecule has 2 nitrogen and oxygen atoms in total. The lowest BCUT2D eigenvalue weighted by molar-refractivity contribution is -0.137. The molecule has 0 aromatic heterocycles. The van der Waals surface area contributed by atoms with E-state index in [0.717, 1.165) is 25.0 Å². The molecular weight excluding hydrogens is 231 g/mol. The predicted octanol–water partition coefficient (Wildman–Crippen LogP) is 2.82. The normalized spacial score (nSPS) is 17.9. The van der Waals surface area contributed by atoms with Crippen LogP contribution in [-0.4, -0.2) is 13.2 Å². The number of hydrogen-bond acceptors (Lipinski definition) is 2. The Morgan fingerprint density at radius 3 is 2.53 bits per heavy atom. The standard InChI is InChI=1S/C12H14F3NO/c13-12(14,15)9-2-1-3-10(6-9)17-8-11(7-16)4-5-11/h1-3,6H,4-5,7-8,16H2. The van der Waals surface area contributed by atoms with E-state index in [2.05, 4.69) is 0 Å². The Morgan fingerprint density at radius 1 is 1.29 bits per heavy atom. The fourth-order valence-electron chi connectivity index (χ4n) is 1.58. The summed E-state index contributed by atoms with van der Waals surface area (Å²) in [5, 5.41) is 0. The third kappa shape index (κ3) is 2.91. The van der Waals surface area contributed by atoms with Crippen LogP contribution in [0.15, 0.2) is 24.3 Å². The van der Waals surface area contributed by atoms with Gasteiger partial charge in [0.1, 0.15) is 5.75 Å². The Balaban J connectivity index is 2.02. The molecule has 0 spiro atoms. The summed E-state index contributed by atoms with van der Waals surface area (Å²) in [4.78, 5) is 0. The number of hydrogen-bond donors (Lipinski definition) is 1. The van der Waals surface area contributed by atoms with Gasteiger partial charge in [-0.3, -0.25) is 0 Å². The third-order valence-electron chi connectivity index (χ3n) is 3.10. The molecular formula is C12H14F3NO. The van der Waals surface area contributed by atoms with Gasteiger partial charge in [-0.1, -0.05) is 6.07 Å². The lowest BCUT2D eigenvalue weighted by Crippen LogP contribution is -2.22. The summed E-state index contributed by atoms with van der Waals surface area (Å²) in [5.41, 5.74) is 4.88. The molecule has 1 fully saturated rings. The van der Waals surface area contributed by atoms with Crippen LogP contribution < -0.4 is 10.5 Å². The summed E-state index contributed by atoms with van der Waals surface area (Å²) in [6, 6.07) is 4.93. The molecule has 0 heterocycles. The van der Waals surface area contributed by atoms with E-state index in [9.17, 15) is 13.2 Å². The minimum absolute atomic E-state index is 0.00572. The second kappa shape index (κ2) is 4.22. The van der Waals surface area contributed by atoms with Crippen LogP contribution in [0.2, 0.25) is 0 Å². The first kappa shape index (κ1) is 12.2. The molecule has 2 rings (SSSR count). The number of rotatable bonds is 4. The van der Waals surface area contributed by atoms with Crippen molar-refractivity contribution in [2.45, 2.75) is 19.0 Å². The largest absolute Gasteiger partial charge is 0.493 e. The summed E-state index contributed by atoms with van der Waals surface area (Å²) >= 11 is 0. The number of halogens is 3. The monoisotopic (exact) mass is 245 g/mol. The van der Waals surface area contributed by atoms with E-state index in [1.165, 1.54) is 12.1 Å². The first-order valence-electron chi connectivity index (χ1n) is 5.45. The van der Waals surface area contributed by atoms with Gasteiger partial charge in [0.2, 0.25) is 0 Å². The highest BCUT2D eigenvalue weighted by Gasteiger charge is 2.42. The molecule has 94 valence electrons. The second-order valence-corrected chi connectivity index (χ2v) is 4.52. The van der Waals surface area contributed by atoms with E-state index >= 15 is 0 Å². The zero-order chi connectivity index (χ0) is 12.5. The van der Waals surface area contributed by atoms with Gasteiger partial charge in [0.05, 0.1) is 12.2 Å². The highest BCUT2D eigenvalue weighted by atomic mass is 19.4. The first-order chi connectivity index (χ1) is 7.95. The van der Waals surface area contributed by atoms with Crippen molar-refractivity contribution in [3.63, 3.8) is 0 Å². The Bertz CT molecular complexity index is 399. The maximum Gasteiger partial charge on any atom is 0.416 e. The zero-order valence-electron chi connectivity index (χ0n) is 9.26. The van der Waals surface area contributed by atoms with Crippen molar-refractivity contribution in [3.05, 3.63) is 29.8 Å². The van der Waals surface area contributed by atoms with Gasteiger partial charge in [-0.15, -0.1) is 0 Å². The first-order valence-corrected chi connectivity index (χ1v) is 5.45. The molecule has 1 saturated carbocycles. The molecule has 5 heteroatoms. The average molecular weight is 245 g/mol. The highest BCUT2D eigenvalue weighted by Crippen LogP contribution is 2.44. The molecule has 1 aliphatic carbocycles. The fraction of sp³-hybridized carbons (Fsp3) is 0.500. The van der Waals surface area contributed by atoms with Crippen molar-refractivity contribution in [2.75, 3.05) is 13.2 Å². The molecule has 0 amide bonds. The van der Waals surface area contributed by atoms with Gasteiger partial charge in [-0.25, -0.2) is 0 Å². The second-order valence-electron chi connectivity index (χ2n) is 4.52. The smallest absolute Gasteiger partial charge is 0.416 e. The predicted molar refractivity (Wildman–Crippen MR) is 57.7 cm³/mol. The molecule has 17 heavy (non-hydrogen) atoms. The maximum atomic E-state index is 12.4. The number of benzene rings is 1. The van der Waals surface area contributed by atoms with Crippen molar-refractivity contribution in [1.29, 1.82) is 0 Å². The lowest BCUT2D eigenvalue weighted by atomic mass is 10.1. The molecule has 1 aliphatic rings. The summed E-state index contributed by atoms with van der Waals surface area (Å²) in [7, 11) is 0. The van der Waals surface area contributed by atoms with Gasteiger partial charge in [0.15, 0.2) is 0 Å². The Labute approximate surface area is 97.6 Å². The Hall–Kier alpha value is -1.23. The third-order valence-corrected chi connectivity index (χ3v) is 3.10. The van der Waals surface area contributed by atoms with Crippen LogP contribution in [0, 0.1) is 5.41 Å². The highest BCUT2D eigenvalue weighted by molar-refractivity contribution is 5.30. The summed E-state index contributed by atoms with van der Waals surface area (Å²) in [5.74, 6) is 0.250. The van der Waals surface area contributed by atoms with Crippen molar-refractivity contribution in [3.8, 4) is 5.75 Å². The van der Waals surface area contributed by atoms with Gasteiger partial charge < -0.3 is 10.5 Å². The van der Waals surface area contributed by atoms with Crippen LogP contribution in [0.1, 0.15) is 18.4 Å². The van der Waals surface area contributed by atoms with E-state index in [-0.39, 0.29) is 11.2 Å². The number of ether oxygens (including phenoxy) is 1. The fourth-order valence-corrected chi connectivity index (χ4v) is 1.58. The van der Waals surface area contributed by atoms with Crippen LogP contribution in [0.3, 0.4) is 0 Å². The van der Waals surface area contributed by atoms with Gasteiger partial charge in [-0.2, -0.15) is 13.2 Å². The van der Waals surface area contributed by atoms with E-state index < -0.39 is 11.7 Å². The summed E-state index contributed by atoms with van der Waals surface area (Å²) < 4.78 is 42.7. The molecule has 0 saturated heterocycles. The maximum absolute atomic E-state index is 12.4. The van der Waals surface area contributed by atoms with Crippen LogP contribution in [0.5, 0.6) is 5.75 Å². The quantitative estimate of drug-likeness (QED) is 0.885. The topological polar surface area (TPSA) is 35.2 Å². The van der Waals surface area contributed by atoms with Crippen LogP contribution in [0.4, 0.5) is 13.2 Å². The molecule has 1 aromatic rings. The minimum Gasteiger partial charge on any atom is -0.493 e. The molecule has 0 bridgehead atoms. The zero-order valence-corrected chi connectivity index (χ0v) is 9.26. The molecule has 0 atom stereocenters. The Kier molecular flexibility index (Phi) is 3.03. The van der Waals surface area contributed by atoms with Crippen molar-refractivity contribution in [2.24, 2.45) is 11.1 Å². The van der Waals surface area contributed by atoms with Crippen LogP contribution in [-0.2, 0) is 6.18 Å². The van der Waals surface area contributed by atoms with Crippen molar-refractivity contribution >= 4 is 0 Å². The molecule has 0 unspecified atom stereocenters. The van der Waals surface area contributed by atoms with Crippen molar-refractivity contribution < 1.29 is 17.9 Å². The number of alkyl halides is 3. The van der Waals surface area contributed by atoms with Gasteiger partial charge in [-0.05, 0) is 31.0 Å². The minimum atomic E-state index is -4.33. The molecule has 2 N–H and O–H groups in total. The van der Waals surface area contributed by atoms with E-state index in [1.807, 2.05) is 0 Å². The van der Waals surface area contributed by atoms with Crippen molar-refractivity contribution in [1.82, 2.24) is 0 Å². The van der Waals surface area contributed by atoms with Crippen LogP contribution in [0.25, 0.3) is 0 Å². The summed E-state index contributed by atoms with van der Waals surface area (Å²) in [6.45, 7) is 0.913. The average Bonchev–Trinajstić information content (AvgIpc) is 3.06. The Morgan fingerprint density at radius 2 is 2.00 bits per heavy atom. The van der Waals surface area contributed by atoms with Crippen LogP contribution >= 0.6 is 0 Å². The van der Waals surface area contributed by atoms with Gasteiger partial charge in [0, 0.05) is 12.0 Å². The van der Waals surface area contributed by atoms with E-state index in [0.29, 0.717) is 13.2 Å². The lowest BCUT2D eigenvalue weighted by Gasteiger charge is -2.15.